The number of ether oxygens (including phenoxy) is 1. The third-order valence-electron chi connectivity index (χ3n) is 3.91. The van der Waals surface area contributed by atoms with Gasteiger partial charge in [0.2, 0.25) is 0 Å². The molecule has 1 heterocycles. The number of piperidine rings is 1. The maximum absolute atomic E-state index is 7.47. The van der Waals surface area contributed by atoms with Gasteiger partial charge in [0.25, 0.3) is 5.66 Å². The Labute approximate surface area is 121 Å². The summed E-state index contributed by atoms with van der Waals surface area (Å²) in [5.74, 6) is 0. The van der Waals surface area contributed by atoms with Gasteiger partial charge in [0.1, 0.15) is 0 Å². The monoisotopic (exact) mass is 273 g/mol. The van der Waals surface area contributed by atoms with Crippen molar-refractivity contribution in [1.29, 1.82) is 0 Å². The van der Waals surface area contributed by atoms with Crippen molar-refractivity contribution in [2.75, 3.05) is 33.4 Å². The lowest BCUT2D eigenvalue weighted by Gasteiger charge is -2.34. The van der Waals surface area contributed by atoms with Gasteiger partial charge in [-0.05, 0) is 5.56 Å². The van der Waals surface area contributed by atoms with Gasteiger partial charge in [0.05, 0.1) is 19.4 Å². The summed E-state index contributed by atoms with van der Waals surface area (Å²) in [6.45, 7) is 11.8. The fourth-order valence-corrected chi connectivity index (χ4v) is 2.64. The lowest BCUT2D eigenvalue weighted by molar-refractivity contribution is 0.139. The first-order chi connectivity index (χ1) is 9.78. The predicted octanol–water partition coefficient (Wildman–Crippen LogP) is 2.13. The SMILES string of the molecule is [C-]#[N+]C1(NCCOC)CCN(Cc2ccccc2)CC1. The van der Waals surface area contributed by atoms with E-state index in [2.05, 4.69) is 39.3 Å². The fourth-order valence-electron chi connectivity index (χ4n) is 2.64. The van der Waals surface area contributed by atoms with Crippen LogP contribution in [0.25, 0.3) is 4.85 Å². The highest BCUT2D eigenvalue weighted by Gasteiger charge is 2.39. The first-order valence-electron chi connectivity index (χ1n) is 7.17. The molecule has 0 unspecified atom stereocenters. The minimum Gasteiger partial charge on any atom is -0.383 e. The second kappa shape index (κ2) is 7.39. The summed E-state index contributed by atoms with van der Waals surface area (Å²) in [4.78, 5) is 6.28. The Morgan fingerprint density at radius 3 is 2.60 bits per heavy atom. The van der Waals surface area contributed by atoms with Gasteiger partial charge in [-0.3, -0.25) is 9.74 Å². The van der Waals surface area contributed by atoms with Gasteiger partial charge in [0.15, 0.2) is 0 Å². The molecule has 1 N–H and O–H groups in total. The zero-order valence-electron chi connectivity index (χ0n) is 12.1. The number of nitrogens with zero attached hydrogens (tertiary/aromatic N) is 2. The average Bonchev–Trinajstić information content (AvgIpc) is 2.51. The Hall–Kier alpha value is -1.41. The molecule has 1 aromatic rings. The van der Waals surface area contributed by atoms with Crippen molar-refractivity contribution in [3.05, 3.63) is 47.3 Å². The molecule has 20 heavy (non-hydrogen) atoms. The van der Waals surface area contributed by atoms with E-state index in [4.69, 9.17) is 11.3 Å². The normalized spacial score (nSPS) is 18.6. The Bertz CT molecular complexity index is 433. The van der Waals surface area contributed by atoms with E-state index in [1.54, 1.807) is 7.11 Å². The summed E-state index contributed by atoms with van der Waals surface area (Å²) in [6.07, 6.45) is 1.76. The first kappa shape index (κ1) is 15.0. The molecule has 2 rings (SSSR count). The van der Waals surface area contributed by atoms with Gasteiger partial charge < -0.3 is 4.74 Å². The van der Waals surface area contributed by atoms with E-state index < -0.39 is 0 Å². The molecule has 0 aromatic heterocycles. The average molecular weight is 273 g/mol. The van der Waals surface area contributed by atoms with Gasteiger partial charge in [-0.15, -0.1) is 0 Å². The van der Waals surface area contributed by atoms with Crippen molar-refractivity contribution in [1.82, 2.24) is 10.2 Å². The molecule has 0 aliphatic carbocycles. The molecule has 4 heteroatoms. The molecule has 0 bridgehead atoms. The van der Waals surface area contributed by atoms with Gasteiger partial charge >= 0.3 is 0 Å². The summed E-state index contributed by atoms with van der Waals surface area (Å²) in [6, 6.07) is 10.5. The molecule has 0 radical (unpaired) electrons. The summed E-state index contributed by atoms with van der Waals surface area (Å²) in [5, 5.41) is 3.36. The highest BCUT2D eigenvalue weighted by molar-refractivity contribution is 5.14. The third-order valence-corrected chi connectivity index (χ3v) is 3.91. The molecular formula is C16H23N3O. The second-order valence-electron chi connectivity index (χ2n) is 5.32. The summed E-state index contributed by atoms with van der Waals surface area (Å²) < 4.78 is 5.05. The van der Waals surface area contributed by atoms with Crippen LogP contribution in [0.2, 0.25) is 0 Å². The van der Waals surface area contributed by atoms with Crippen molar-refractivity contribution in [3.8, 4) is 0 Å². The Morgan fingerprint density at radius 1 is 1.30 bits per heavy atom. The highest BCUT2D eigenvalue weighted by atomic mass is 16.5. The standard InChI is InChI=1S/C16H23N3O/c1-17-16(18-10-13-20-2)8-11-19(12-9-16)14-15-6-4-3-5-7-15/h3-7,18H,8-14H2,2H3. The van der Waals surface area contributed by atoms with Crippen LogP contribution in [0.3, 0.4) is 0 Å². The molecule has 1 saturated heterocycles. The maximum atomic E-state index is 7.47. The van der Waals surface area contributed by atoms with Crippen LogP contribution in [-0.4, -0.2) is 43.9 Å². The number of likely N-dealkylation sites (tertiary alicyclic amines) is 1. The van der Waals surface area contributed by atoms with E-state index in [-0.39, 0.29) is 5.66 Å². The first-order valence-corrected chi connectivity index (χ1v) is 7.17. The minimum atomic E-state index is -0.383. The van der Waals surface area contributed by atoms with E-state index in [9.17, 15) is 0 Å². The Morgan fingerprint density at radius 2 is 2.00 bits per heavy atom. The van der Waals surface area contributed by atoms with E-state index in [1.807, 2.05) is 6.07 Å². The van der Waals surface area contributed by atoms with Crippen LogP contribution in [0.4, 0.5) is 0 Å². The molecule has 1 aliphatic heterocycles. The molecule has 1 aliphatic rings. The van der Waals surface area contributed by atoms with Crippen molar-refractivity contribution in [3.63, 3.8) is 0 Å². The Balaban J connectivity index is 1.83. The number of benzene rings is 1. The second-order valence-corrected chi connectivity index (χ2v) is 5.32. The van der Waals surface area contributed by atoms with Crippen LogP contribution < -0.4 is 5.32 Å². The number of rotatable bonds is 6. The number of nitrogens with one attached hydrogen (secondary N) is 1. The minimum absolute atomic E-state index is 0.383. The van der Waals surface area contributed by atoms with Crippen LogP contribution in [0.5, 0.6) is 0 Å². The molecule has 0 spiro atoms. The van der Waals surface area contributed by atoms with E-state index in [0.29, 0.717) is 6.61 Å². The van der Waals surface area contributed by atoms with E-state index in [1.165, 1.54) is 5.56 Å². The van der Waals surface area contributed by atoms with Gasteiger partial charge in [0, 0.05) is 33.3 Å². The highest BCUT2D eigenvalue weighted by Crippen LogP contribution is 2.24. The molecular weight excluding hydrogens is 250 g/mol. The van der Waals surface area contributed by atoms with E-state index in [0.717, 1.165) is 39.0 Å². The zero-order chi connectivity index (χ0) is 14.3. The molecule has 0 atom stereocenters. The van der Waals surface area contributed by atoms with Crippen LogP contribution in [0, 0.1) is 6.57 Å². The smallest absolute Gasteiger partial charge is 0.288 e. The molecule has 108 valence electrons. The van der Waals surface area contributed by atoms with Gasteiger partial charge in [-0.2, -0.15) is 0 Å². The Kier molecular flexibility index (Phi) is 5.54. The van der Waals surface area contributed by atoms with Crippen LogP contribution in [0.15, 0.2) is 30.3 Å². The van der Waals surface area contributed by atoms with Crippen molar-refractivity contribution < 1.29 is 4.74 Å². The topological polar surface area (TPSA) is 28.9 Å². The van der Waals surface area contributed by atoms with Crippen molar-refractivity contribution in [2.24, 2.45) is 0 Å². The maximum Gasteiger partial charge on any atom is 0.288 e. The lowest BCUT2D eigenvalue weighted by Crippen LogP contribution is -2.51. The van der Waals surface area contributed by atoms with Crippen molar-refractivity contribution >= 4 is 0 Å². The predicted molar refractivity (Wildman–Crippen MR) is 80.2 cm³/mol. The number of hydrogen-bond acceptors (Lipinski definition) is 3. The largest absolute Gasteiger partial charge is 0.383 e. The molecule has 0 amide bonds. The van der Waals surface area contributed by atoms with Gasteiger partial charge in [-0.1, -0.05) is 30.3 Å². The number of hydrogen-bond donors (Lipinski definition) is 1. The summed E-state index contributed by atoms with van der Waals surface area (Å²) >= 11 is 0. The summed E-state index contributed by atoms with van der Waals surface area (Å²) in [5.41, 5.74) is 0.960. The lowest BCUT2D eigenvalue weighted by atomic mass is 9.97. The number of methoxy groups -OCH3 is 1. The quantitative estimate of drug-likeness (QED) is 0.636. The summed E-state index contributed by atoms with van der Waals surface area (Å²) in [7, 11) is 1.69. The molecule has 4 nitrogen and oxygen atoms in total. The molecule has 1 aromatic carbocycles. The van der Waals surface area contributed by atoms with Gasteiger partial charge in [-0.25, -0.2) is 11.9 Å². The van der Waals surface area contributed by atoms with Crippen LogP contribution in [-0.2, 0) is 11.3 Å². The molecule has 1 fully saturated rings. The third kappa shape index (κ3) is 4.04. The van der Waals surface area contributed by atoms with Crippen LogP contribution >= 0.6 is 0 Å². The van der Waals surface area contributed by atoms with Crippen LogP contribution in [0.1, 0.15) is 18.4 Å². The van der Waals surface area contributed by atoms with E-state index >= 15 is 0 Å². The fraction of sp³-hybridized carbons (Fsp3) is 0.562. The van der Waals surface area contributed by atoms with Crippen molar-refractivity contribution in [2.45, 2.75) is 25.0 Å². The zero-order valence-corrected chi connectivity index (χ0v) is 12.1. The molecule has 0 saturated carbocycles.